The number of rotatable bonds is 12. The van der Waals surface area contributed by atoms with Crippen molar-refractivity contribution in [3.63, 3.8) is 0 Å². The Morgan fingerprint density at radius 1 is 0.914 bits per heavy atom. The van der Waals surface area contributed by atoms with Crippen LogP contribution in [0.1, 0.15) is 18.1 Å². The summed E-state index contributed by atoms with van der Waals surface area (Å²) in [5.74, 6) is 2.03. The van der Waals surface area contributed by atoms with Crippen molar-refractivity contribution in [3.8, 4) is 11.5 Å². The average Bonchev–Trinajstić information content (AvgIpc) is 2.90. The first-order valence-corrected chi connectivity index (χ1v) is 12.0. The van der Waals surface area contributed by atoms with Gasteiger partial charge in [0.2, 0.25) is 0 Å². The lowest BCUT2D eigenvalue weighted by Gasteiger charge is -2.24. The van der Waals surface area contributed by atoms with Crippen molar-refractivity contribution in [2.45, 2.75) is 18.7 Å². The van der Waals surface area contributed by atoms with Gasteiger partial charge in [-0.3, -0.25) is 10.1 Å². The molecule has 8 nitrogen and oxygen atoms in total. The van der Waals surface area contributed by atoms with E-state index < -0.39 is 4.92 Å². The number of nitro benzene ring substituents is 1. The highest BCUT2D eigenvalue weighted by molar-refractivity contribution is 6.18. The average molecular weight is 517 g/mol. The van der Waals surface area contributed by atoms with Gasteiger partial charge in [0.05, 0.1) is 41.7 Å². The Hall–Kier alpha value is -3.36. The minimum atomic E-state index is -0.449. The number of benzene rings is 3. The van der Waals surface area contributed by atoms with Gasteiger partial charge in [-0.25, -0.2) is 0 Å². The highest BCUT2D eigenvalue weighted by Crippen LogP contribution is 2.31. The second-order valence-electron chi connectivity index (χ2n) is 7.46. The quantitative estimate of drug-likeness (QED) is 0.108. The van der Waals surface area contributed by atoms with E-state index in [9.17, 15) is 10.1 Å². The highest BCUT2D eigenvalue weighted by atomic mass is 35.5. The van der Waals surface area contributed by atoms with Crippen LogP contribution in [-0.2, 0) is 11.8 Å². The molecule has 3 aromatic rings. The molecule has 3 aromatic carbocycles. The fraction of sp³-hybridized carbons (Fsp3) is 0.280. The van der Waals surface area contributed by atoms with Crippen LogP contribution in [0.25, 0.3) is 0 Å². The molecule has 184 valence electrons. The van der Waals surface area contributed by atoms with E-state index in [4.69, 9.17) is 32.7 Å². The number of nitro groups is 1. The fourth-order valence-electron chi connectivity index (χ4n) is 3.40. The maximum absolute atomic E-state index is 10.7. The van der Waals surface area contributed by atoms with Crippen LogP contribution in [0.2, 0.25) is 0 Å². The highest BCUT2D eigenvalue weighted by Gasteiger charge is 2.12. The number of hydrogen-bond acceptors (Lipinski definition) is 7. The van der Waals surface area contributed by atoms with E-state index in [2.05, 4.69) is 22.1 Å². The largest absolute Gasteiger partial charge is 0.496 e. The molecular formula is C25H26Cl2N4O4. The standard InChI is InChI=1S/C25H26Cl2N4O4/c1-3-30(12-13-35-25-15-18(16-26)24(34-2)14-19(25)17-27)22-8-4-20(5-9-22)28-29-21-6-10-23(11-7-21)31(32)33/h4-11,14-15H,3,12-13,16-17H2,1-2H3. The van der Waals surface area contributed by atoms with Crippen molar-refractivity contribution in [3.05, 3.63) is 81.9 Å². The molecule has 0 fully saturated rings. The Morgan fingerprint density at radius 3 is 1.97 bits per heavy atom. The molecule has 0 atom stereocenters. The minimum absolute atomic E-state index is 0.0160. The zero-order chi connectivity index (χ0) is 25.2. The molecule has 0 saturated heterocycles. The Labute approximate surface area is 214 Å². The number of methoxy groups -OCH3 is 1. The number of hydrogen-bond donors (Lipinski definition) is 0. The topological polar surface area (TPSA) is 89.6 Å². The van der Waals surface area contributed by atoms with Crippen LogP contribution in [0.4, 0.5) is 22.7 Å². The third-order valence-electron chi connectivity index (χ3n) is 5.31. The molecule has 0 amide bonds. The third kappa shape index (κ3) is 7.07. The number of ether oxygens (including phenoxy) is 2. The van der Waals surface area contributed by atoms with Crippen molar-refractivity contribution in [1.29, 1.82) is 0 Å². The first-order chi connectivity index (χ1) is 17.0. The molecule has 0 unspecified atom stereocenters. The van der Waals surface area contributed by atoms with Crippen LogP contribution >= 0.6 is 23.2 Å². The second-order valence-corrected chi connectivity index (χ2v) is 7.99. The van der Waals surface area contributed by atoms with Gasteiger partial charge in [-0.2, -0.15) is 10.2 Å². The minimum Gasteiger partial charge on any atom is -0.496 e. The smallest absolute Gasteiger partial charge is 0.269 e. The summed E-state index contributed by atoms with van der Waals surface area (Å²) in [6.07, 6.45) is 0. The number of nitrogens with zero attached hydrogens (tertiary/aromatic N) is 4. The van der Waals surface area contributed by atoms with Gasteiger partial charge < -0.3 is 14.4 Å². The van der Waals surface area contributed by atoms with Crippen LogP contribution in [-0.4, -0.2) is 31.7 Å². The summed E-state index contributed by atoms with van der Waals surface area (Å²) < 4.78 is 11.4. The number of likely N-dealkylation sites (N-methyl/N-ethyl adjacent to an activating group) is 1. The second kappa shape index (κ2) is 12.9. The maximum Gasteiger partial charge on any atom is 0.269 e. The predicted octanol–water partition coefficient (Wildman–Crippen LogP) is 7.40. The molecule has 0 spiro atoms. The molecule has 0 bridgehead atoms. The number of anilines is 1. The van der Waals surface area contributed by atoms with Gasteiger partial charge in [0.15, 0.2) is 0 Å². The van der Waals surface area contributed by atoms with Gasteiger partial charge in [-0.05, 0) is 55.5 Å². The molecule has 0 aliphatic heterocycles. The molecule has 0 aliphatic rings. The van der Waals surface area contributed by atoms with Gasteiger partial charge in [-0.15, -0.1) is 23.2 Å². The number of non-ortho nitro benzene ring substituents is 1. The first kappa shape index (κ1) is 26.2. The van der Waals surface area contributed by atoms with Gasteiger partial charge in [0.25, 0.3) is 5.69 Å². The summed E-state index contributed by atoms with van der Waals surface area (Å²) in [7, 11) is 1.60. The van der Waals surface area contributed by atoms with Crippen LogP contribution in [0.15, 0.2) is 70.9 Å². The van der Waals surface area contributed by atoms with E-state index >= 15 is 0 Å². The number of halogens is 2. The van der Waals surface area contributed by atoms with Crippen LogP contribution < -0.4 is 14.4 Å². The first-order valence-electron chi connectivity index (χ1n) is 10.9. The molecule has 0 heterocycles. The monoisotopic (exact) mass is 516 g/mol. The van der Waals surface area contributed by atoms with Crippen molar-refractivity contribution in [1.82, 2.24) is 0 Å². The Kier molecular flexibility index (Phi) is 9.69. The van der Waals surface area contributed by atoms with E-state index in [1.807, 2.05) is 36.4 Å². The van der Waals surface area contributed by atoms with Crippen molar-refractivity contribution in [2.24, 2.45) is 10.2 Å². The maximum atomic E-state index is 10.7. The van der Waals surface area contributed by atoms with Crippen molar-refractivity contribution >= 4 is 46.0 Å². The van der Waals surface area contributed by atoms with Crippen molar-refractivity contribution < 1.29 is 14.4 Å². The molecule has 35 heavy (non-hydrogen) atoms. The van der Waals surface area contributed by atoms with Gasteiger partial charge >= 0.3 is 0 Å². The van der Waals surface area contributed by atoms with Crippen LogP contribution in [0, 0.1) is 10.1 Å². The molecule has 3 rings (SSSR count). The normalized spacial score (nSPS) is 11.0. The fourth-order valence-corrected chi connectivity index (χ4v) is 3.82. The molecule has 0 N–H and O–H groups in total. The molecule has 10 heteroatoms. The predicted molar refractivity (Wildman–Crippen MR) is 139 cm³/mol. The lowest BCUT2D eigenvalue weighted by molar-refractivity contribution is -0.384. The Balaban J connectivity index is 1.61. The van der Waals surface area contributed by atoms with Crippen molar-refractivity contribution in [2.75, 3.05) is 31.7 Å². The Morgan fingerprint density at radius 2 is 1.46 bits per heavy atom. The molecule has 0 aliphatic carbocycles. The number of azo groups is 1. The van der Waals surface area contributed by atoms with E-state index in [1.165, 1.54) is 12.1 Å². The van der Waals surface area contributed by atoms with Crippen LogP contribution in [0.5, 0.6) is 11.5 Å². The zero-order valence-corrected chi connectivity index (χ0v) is 21.0. The lowest BCUT2D eigenvalue weighted by atomic mass is 10.1. The molecular weight excluding hydrogens is 491 g/mol. The summed E-state index contributed by atoms with van der Waals surface area (Å²) in [5.41, 5.74) is 3.96. The number of alkyl halides is 2. The summed E-state index contributed by atoms with van der Waals surface area (Å²) in [5, 5.41) is 19.1. The lowest BCUT2D eigenvalue weighted by Crippen LogP contribution is -2.28. The summed E-state index contributed by atoms with van der Waals surface area (Å²) >= 11 is 12.1. The van der Waals surface area contributed by atoms with Gasteiger partial charge in [0, 0.05) is 35.5 Å². The molecule has 0 aromatic heterocycles. The Bertz CT molecular complexity index is 1160. The van der Waals surface area contributed by atoms with E-state index in [-0.39, 0.29) is 5.69 Å². The van der Waals surface area contributed by atoms with Gasteiger partial charge in [0.1, 0.15) is 18.1 Å². The zero-order valence-electron chi connectivity index (χ0n) is 19.5. The van der Waals surface area contributed by atoms with E-state index in [0.717, 1.165) is 23.4 Å². The third-order valence-corrected chi connectivity index (χ3v) is 5.88. The SMILES string of the molecule is CCN(CCOc1cc(CCl)c(OC)cc1CCl)c1ccc(N=Nc2ccc([N+](=O)[O-])cc2)cc1. The molecule has 0 saturated carbocycles. The summed E-state index contributed by atoms with van der Waals surface area (Å²) in [6.45, 7) is 4.01. The van der Waals surface area contributed by atoms with E-state index in [0.29, 0.717) is 47.8 Å². The molecule has 0 radical (unpaired) electrons. The van der Waals surface area contributed by atoms with E-state index in [1.54, 1.807) is 19.2 Å². The summed E-state index contributed by atoms with van der Waals surface area (Å²) in [6, 6.07) is 17.3. The summed E-state index contributed by atoms with van der Waals surface area (Å²) in [4.78, 5) is 12.5. The van der Waals surface area contributed by atoms with Crippen LogP contribution in [0.3, 0.4) is 0 Å². The van der Waals surface area contributed by atoms with Gasteiger partial charge in [-0.1, -0.05) is 0 Å².